The van der Waals surface area contributed by atoms with Crippen LogP contribution in [0.2, 0.25) is 0 Å². The SMILES string of the molecule is CCCC(C)N(C)C(=O)C1(C(N)=S)CCCCC1. The summed E-state index contributed by atoms with van der Waals surface area (Å²) < 4.78 is 0. The van der Waals surface area contributed by atoms with Crippen molar-refractivity contribution in [3.63, 3.8) is 0 Å². The maximum atomic E-state index is 12.7. The highest BCUT2D eigenvalue weighted by Gasteiger charge is 2.44. The van der Waals surface area contributed by atoms with E-state index in [0.29, 0.717) is 4.99 Å². The highest BCUT2D eigenvalue weighted by atomic mass is 32.1. The third-order valence-electron chi connectivity index (χ3n) is 4.28. The second-order valence-electron chi connectivity index (χ2n) is 5.56. The Morgan fingerprint density at radius 3 is 2.39 bits per heavy atom. The third-order valence-corrected chi connectivity index (χ3v) is 4.67. The van der Waals surface area contributed by atoms with Crippen LogP contribution in [-0.2, 0) is 4.79 Å². The zero-order chi connectivity index (χ0) is 13.8. The number of nitrogens with zero attached hydrogens (tertiary/aromatic N) is 1. The van der Waals surface area contributed by atoms with E-state index in [1.807, 2.05) is 11.9 Å². The molecule has 4 heteroatoms. The summed E-state index contributed by atoms with van der Waals surface area (Å²) in [5, 5.41) is 0. The van der Waals surface area contributed by atoms with Crippen LogP contribution in [0.1, 0.15) is 58.8 Å². The fourth-order valence-corrected chi connectivity index (χ4v) is 3.16. The first-order valence-corrected chi connectivity index (χ1v) is 7.43. The molecule has 1 saturated carbocycles. The van der Waals surface area contributed by atoms with Gasteiger partial charge in [-0.3, -0.25) is 4.79 Å². The van der Waals surface area contributed by atoms with Crippen molar-refractivity contribution in [1.82, 2.24) is 4.90 Å². The van der Waals surface area contributed by atoms with Gasteiger partial charge in [-0.1, -0.05) is 44.8 Å². The summed E-state index contributed by atoms with van der Waals surface area (Å²) in [5.74, 6) is 0.135. The number of carbonyl (C=O) groups excluding carboxylic acids is 1. The number of hydrogen-bond acceptors (Lipinski definition) is 2. The van der Waals surface area contributed by atoms with E-state index in [0.717, 1.165) is 38.5 Å². The fraction of sp³-hybridized carbons (Fsp3) is 0.857. The van der Waals surface area contributed by atoms with Gasteiger partial charge >= 0.3 is 0 Å². The Kier molecular flexibility index (Phi) is 5.57. The molecule has 0 spiro atoms. The van der Waals surface area contributed by atoms with Gasteiger partial charge in [0.1, 0.15) is 0 Å². The maximum absolute atomic E-state index is 12.7. The lowest BCUT2D eigenvalue weighted by molar-refractivity contribution is -0.140. The van der Waals surface area contributed by atoms with Crippen molar-refractivity contribution in [2.45, 2.75) is 64.8 Å². The summed E-state index contributed by atoms with van der Waals surface area (Å²) in [6.07, 6.45) is 7.05. The maximum Gasteiger partial charge on any atom is 0.235 e. The molecule has 1 unspecified atom stereocenters. The van der Waals surface area contributed by atoms with Gasteiger partial charge in [0.05, 0.1) is 10.4 Å². The quantitative estimate of drug-likeness (QED) is 0.781. The summed E-state index contributed by atoms with van der Waals surface area (Å²) in [6, 6.07) is 0.260. The molecule has 0 aromatic heterocycles. The molecule has 1 fully saturated rings. The first-order valence-electron chi connectivity index (χ1n) is 7.03. The Bertz CT molecular complexity index is 311. The van der Waals surface area contributed by atoms with Crippen molar-refractivity contribution in [1.29, 1.82) is 0 Å². The lowest BCUT2D eigenvalue weighted by atomic mass is 9.72. The van der Waals surface area contributed by atoms with E-state index >= 15 is 0 Å². The number of amides is 1. The summed E-state index contributed by atoms with van der Waals surface area (Å²) in [6.45, 7) is 4.23. The van der Waals surface area contributed by atoms with Crippen molar-refractivity contribution < 1.29 is 4.79 Å². The Balaban J connectivity index is 2.86. The first-order chi connectivity index (χ1) is 8.45. The van der Waals surface area contributed by atoms with Gasteiger partial charge in [0.15, 0.2) is 0 Å². The van der Waals surface area contributed by atoms with Gasteiger partial charge in [-0.15, -0.1) is 0 Å². The minimum atomic E-state index is -0.565. The van der Waals surface area contributed by atoms with Gasteiger partial charge in [-0.25, -0.2) is 0 Å². The largest absolute Gasteiger partial charge is 0.392 e. The number of rotatable bonds is 5. The molecule has 0 saturated heterocycles. The molecule has 0 heterocycles. The fourth-order valence-electron chi connectivity index (χ4n) is 2.87. The molecule has 1 rings (SSSR count). The Morgan fingerprint density at radius 1 is 1.39 bits per heavy atom. The van der Waals surface area contributed by atoms with Crippen LogP contribution in [0.3, 0.4) is 0 Å². The van der Waals surface area contributed by atoms with Gasteiger partial charge < -0.3 is 10.6 Å². The van der Waals surface area contributed by atoms with Crippen LogP contribution in [0.15, 0.2) is 0 Å². The average Bonchev–Trinajstić information content (AvgIpc) is 2.37. The molecule has 1 aliphatic rings. The highest BCUT2D eigenvalue weighted by molar-refractivity contribution is 7.80. The van der Waals surface area contributed by atoms with Crippen LogP contribution in [0, 0.1) is 5.41 Å². The number of thiocarbonyl (C=S) groups is 1. The molecule has 0 bridgehead atoms. The highest BCUT2D eigenvalue weighted by Crippen LogP contribution is 2.38. The van der Waals surface area contributed by atoms with Crippen molar-refractivity contribution in [2.75, 3.05) is 7.05 Å². The van der Waals surface area contributed by atoms with Gasteiger partial charge in [-0.05, 0) is 26.2 Å². The number of nitrogens with two attached hydrogens (primary N) is 1. The van der Waals surface area contributed by atoms with Gasteiger partial charge in [0.25, 0.3) is 0 Å². The molecule has 0 aromatic rings. The minimum absolute atomic E-state index is 0.135. The van der Waals surface area contributed by atoms with E-state index in [9.17, 15) is 4.79 Å². The zero-order valence-corrected chi connectivity index (χ0v) is 12.7. The Labute approximate surface area is 116 Å². The molecular formula is C14H26N2OS. The lowest BCUT2D eigenvalue weighted by Gasteiger charge is -2.39. The molecule has 18 heavy (non-hydrogen) atoms. The van der Waals surface area contributed by atoms with E-state index in [-0.39, 0.29) is 11.9 Å². The molecule has 0 aromatic carbocycles. The van der Waals surface area contributed by atoms with E-state index in [2.05, 4.69) is 13.8 Å². The first kappa shape index (κ1) is 15.4. The molecule has 0 aliphatic heterocycles. The minimum Gasteiger partial charge on any atom is -0.392 e. The normalized spacial score (nSPS) is 20.2. The molecule has 1 aliphatic carbocycles. The second kappa shape index (κ2) is 6.50. The van der Waals surface area contributed by atoms with Gasteiger partial charge in [0.2, 0.25) is 5.91 Å². The van der Waals surface area contributed by atoms with Crippen LogP contribution in [0.4, 0.5) is 0 Å². The molecule has 1 amide bonds. The molecule has 3 nitrogen and oxygen atoms in total. The topological polar surface area (TPSA) is 46.3 Å². The smallest absolute Gasteiger partial charge is 0.235 e. The molecule has 0 radical (unpaired) electrons. The van der Waals surface area contributed by atoms with E-state index in [1.165, 1.54) is 6.42 Å². The summed E-state index contributed by atoms with van der Waals surface area (Å²) in [5.41, 5.74) is 5.33. The number of hydrogen-bond donors (Lipinski definition) is 1. The van der Waals surface area contributed by atoms with Crippen LogP contribution < -0.4 is 5.73 Å². The van der Waals surface area contributed by atoms with E-state index in [1.54, 1.807) is 0 Å². The van der Waals surface area contributed by atoms with Crippen molar-refractivity contribution >= 4 is 23.1 Å². The average molecular weight is 270 g/mol. The van der Waals surface area contributed by atoms with Crippen molar-refractivity contribution in [2.24, 2.45) is 11.1 Å². The van der Waals surface area contributed by atoms with Crippen molar-refractivity contribution in [3.8, 4) is 0 Å². The molecule has 2 N–H and O–H groups in total. The second-order valence-corrected chi connectivity index (χ2v) is 6.00. The molecule has 1 atom stereocenters. The monoisotopic (exact) mass is 270 g/mol. The van der Waals surface area contributed by atoms with Gasteiger partial charge in [0, 0.05) is 13.1 Å². The number of carbonyl (C=O) groups is 1. The standard InChI is InChI=1S/C14H26N2OS/c1-4-8-11(2)16(3)13(17)14(12(15)18)9-6-5-7-10-14/h11H,4-10H2,1-3H3,(H2,15,18). The van der Waals surface area contributed by atoms with Crippen LogP contribution in [0.25, 0.3) is 0 Å². The molecule has 104 valence electrons. The van der Waals surface area contributed by atoms with E-state index in [4.69, 9.17) is 18.0 Å². The van der Waals surface area contributed by atoms with Crippen LogP contribution >= 0.6 is 12.2 Å². The zero-order valence-electron chi connectivity index (χ0n) is 11.9. The third kappa shape index (κ3) is 3.02. The predicted octanol–water partition coefficient (Wildman–Crippen LogP) is 2.87. The van der Waals surface area contributed by atoms with Crippen LogP contribution in [0.5, 0.6) is 0 Å². The Morgan fingerprint density at radius 2 is 1.94 bits per heavy atom. The Hall–Kier alpha value is -0.640. The summed E-state index contributed by atoms with van der Waals surface area (Å²) >= 11 is 5.20. The van der Waals surface area contributed by atoms with Crippen LogP contribution in [-0.4, -0.2) is 28.9 Å². The van der Waals surface area contributed by atoms with E-state index < -0.39 is 5.41 Å². The summed E-state index contributed by atoms with van der Waals surface area (Å²) in [4.78, 5) is 15.0. The molecular weight excluding hydrogens is 244 g/mol. The predicted molar refractivity (Wildman–Crippen MR) is 79.4 cm³/mol. The van der Waals surface area contributed by atoms with Crippen molar-refractivity contribution in [3.05, 3.63) is 0 Å². The van der Waals surface area contributed by atoms with Gasteiger partial charge in [-0.2, -0.15) is 0 Å². The summed E-state index contributed by atoms with van der Waals surface area (Å²) in [7, 11) is 1.89. The lowest BCUT2D eigenvalue weighted by Crippen LogP contribution is -2.52.